The highest BCUT2D eigenvalue weighted by Gasteiger charge is 2.27. The number of furan rings is 1. The van der Waals surface area contributed by atoms with Crippen LogP contribution in [-0.4, -0.2) is 58.8 Å². The third kappa shape index (κ3) is 3.77. The number of carbonyl (C=O) groups is 1. The summed E-state index contributed by atoms with van der Waals surface area (Å²) in [5.74, 6) is 0.348. The smallest absolute Gasteiger partial charge is 0.252 e. The molecule has 1 fully saturated rings. The first-order valence-electron chi connectivity index (χ1n) is 9.38. The van der Waals surface area contributed by atoms with Crippen molar-refractivity contribution in [3.63, 3.8) is 0 Å². The Bertz CT molecular complexity index is 1160. The topological polar surface area (TPSA) is 110 Å². The van der Waals surface area contributed by atoms with Gasteiger partial charge in [0.25, 0.3) is 5.91 Å². The number of nitrogens with zero attached hydrogens (tertiary/aromatic N) is 4. The molecule has 1 saturated heterocycles. The molecule has 3 aromatic heterocycles. The summed E-state index contributed by atoms with van der Waals surface area (Å²) < 4.78 is 31.9. The quantitative estimate of drug-likeness (QED) is 0.692. The van der Waals surface area contributed by atoms with Crippen LogP contribution in [-0.2, 0) is 17.1 Å². The number of fused-ring (bicyclic) bond motifs is 1. The lowest BCUT2D eigenvalue weighted by Gasteiger charge is -2.30. The standard InChI is InChI=1S/C19H23N5O4S/c1-12-17-14(19(25)20-13-6-8-24(9-7-13)29(3,26)27)11-15(16-5-4-10-28-16)21-18(17)23(2)22-12/h4-5,10-11,13H,6-9H2,1-3H3,(H,20,25). The van der Waals surface area contributed by atoms with Crippen molar-refractivity contribution in [2.45, 2.75) is 25.8 Å². The number of rotatable bonds is 4. The zero-order valence-electron chi connectivity index (χ0n) is 16.5. The fourth-order valence-electron chi connectivity index (χ4n) is 3.77. The molecule has 9 nitrogen and oxygen atoms in total. The molecule has 154 valence electrons. The van der Waals surface area contributed by atoms with Gasteiger partial charge in [-0.15, -0.1) is 0 Å². The lowest BCUT2D eigenvalue weighted by molar-refractivity contribution is 0.0925. The maximum atomic E-state index is 13.2. The van der Waals surface area contributed by atoms with Crippen LogP contribution in [0.5, 0.6) is 0 Å². The number of pyridine rings is 1. The Morgan fingerprint density at radius 3 is 2.66 bits per heavy atom. The first-order chi connectivity index (χ1) is 13.7. The van der Waals surface area contributed by atoms with Crippen LogP contribution in [0.2, 0.25) is 0 Å². The van der Waals surface area contributed by atoms with Crippen LogP contribution < -0.4 is 5.32 Å². The molecule has 1 aliphatic rings. The minimum Gasteiger partial charge on any atom is -0.463 e. The van der Waals surface area contributed by atoms with Crippen LogP contribution in [0.3, 0.4) is 0 Å². The van der Waals surface area contributed by atoms with Crippen LogP contribution in [0.15, 0.2) is 28.9 Å². The molecule has 0 aromatic carbocycles. The van der Waals surface area contributed by atoms with E-state index in [1.165, 1.54) is 10.6 Å². The Hall–Kier alpha value is -2.72. The second-order valence-electron chi connectivity index (χ2n) is 7.35. The third-order valence-electron chi connectivity index (χ3n) is 5.25. The fraction of sp³-hybridized carbons (Fsp3) is 0.421. The fourth-order valence-corrected chi connectivity index (χ4v) is 4.64. The zero-order chi connectivity index (χ0) is 20.8. The number of hydrogen-bond acceptors (Lipinski definition) is 6. The van der Waals surface area contributed by atoms with Crippen molar-refractivity contribution in [2.75, 3.05) is 19.3 Å². The number of aromatic nitrogens is 3. The van der Waals surface area contributed by atoms with Gasteiger partial charge in [-0.1, -0.05) is 0 Å². The molecule has 0 bridgehead atoms. The molecule has 0 saturated carbocycles. The van der Waals surface area contributed by atoms with Gasteiger partial charge in [-0.2, -0.15) is 5.10 Å². The molecule has 1 aliphatic heterocycles. The Morgan fingerprint density at radius 2 is 2.03 bits per heavy atom. The van der Waals surface area contributed by atoms with Crippen LogP contribution in [0.4, 0.5) is 0 Å². The molecule has 0 radical (unpaired) electrons. The van der Waals surface area contributed by atoms with Gasteiger partial charge in [0, 0.05) is 26.2 Å². The van der Waals surface area contributed by atoms with E-state index in [2.05, 4.69) is 15.4 Å². The van der Waals surface area contributed by atoms with Crippen molar-refractivity contribution in [2.24, 2.45) is 7.05 Å². The lowest BCUT2D eigenvalue weighted by Crippen LogP contribution is -2.46. The average molecular weight is 417 g/mol. The number of amides is 1. The average Bonchev–Trinajstić information content (AvgIpc) is 3.30. The second kappa shape index (κ2) is 7.27. The van der Waals surface area contributed by atoms with Crippen molar-refractivity contribution in [1.82, 2.24) is 24.4 Å². The largest absolute Gasteiger partial charge is 0.463 e. The summed E-state index contributed by atoms with van der Waals surface area (Å²) in [7, 11) is -1.41. The van der Waals surface area contributed by atoms with Crippen LogP contribution in [0, 0.1) is 6.92 Å². The summed E-state index contributed by atoms with van der Waals surface area (Å²) in [6.45, 7) is 2.65. The van der Waals surface area contributed by atoms with Crippen molar-refractivity contribution in [3.05, 3.63) is 35.7 Å². The second-order valence-corrected chi connectivity index (χ2v) is 9.33. The maximum absolute atomic E-state index is 13.2. The van der Waals surface area contributed by atoms with Crippen molar-refractivity contribution >= 4 is 27.0 Å². The Balaban J connectivity index is 1.64. The van der Waals surface area contributed by atoms with Gasteiger partial charge in [-0.05, 0) is 38.0 Å². The van der Waals surface area contributed by atoms with E-state index in [0.29, 0.717) is 54.0 Å². The van der Waals surface area contributed by atoms with Crippen molar-refractivity contribution in [3.8, 4) is 11.5 Å². The Morgan fingerprint density at radius 1 is 1.31 bits per heavy atom. The van der Waals surface area contributed by atoms with E-state index in [4.69, 9.17) is 4.42 Å². The summed E-state index contributed by atoms with van der Waals surface area (Å²) in [6, 6.07) is 5.19. The van der Waals surface area contributed by atoms with Gasteiger partial charge >= 0.3 is 0 Å². The number of nitrogens with one attached hydrogen (secondary N) is 1. The molecular weight excluding hydrogens is 394 g/mol. The minimum absolute atomic E-state index is 0.0900. The summed E-state index contributed by atoms with van der Waals surface area (Å²) in [6.07, 6.45) is 3.92. The summed E-state index contributed by atoms with van der Waals surface area (Å²) in [4.78, 5) is 17.8. The van der Waals surface area contributed by atoms with Gasteiger partial charge in [-0.3, -0.25) is 9.48 Å². The number of aryl methyl sites for hydroxylation is 2. The monoisotopic (exact) mass is 417 g/mol. The first-order valence-corrected chi connectivity index (χ1v) is 11.2. The molecule has 0 atom stereocenters. The van der Waals surface area contributed by atoms with Crippen LogP contribution in [0.25, 0.3) is 22.5 Å². The molecule has 4 rings (SSSR count). The van der Waals surface area contributed by atoms with Crippen LogP contribution >= 0.6 is 0 Å². The number of carbonyl (C=O) groups excluding carboxylic acids is 1. The van der Waals surface area contributed by atoms with E-state index in [9.17, 15) is 13.2 Å². The van der Waals surface area contributed by atoms with E-state index in [0.717, 1.165) is 5.69 Å². The van der Waals surface area contributed by atoms with Gasteiger partial charge in [0.15, 0.2) is 11.4 Å². The number of piperidine rings is 1. The first kappa shape index (κ1) is 19.6. The highest BCUT2D eigenvalue weighted by molar-refractivity contribution is 7.88. The maximum Gasteiger partial charge on any atom is 0.252 e. The summed E-state index contributed by atoms with van der Waals surface area (Å²) >= 11 is 0. The van der Waals surface area contributed by atoms with Gasteiger partial charge < -0.3 is 9.73 Å². The molecule has 1 amide bonds. The molecule has 10 heteroatoms. The van der Waals surface area contributed by atoms with Gasteiger partial charge in [0.05, 0.1) is 29.2 Å². The van der Waals surface area contributed by atoms with E-state index < -0.39 is 10.0 Å². The van der Waals surface area contributed by atoms with E-state index in [-0.39, 0.29) is 11.9 Å². The predicted molar refractivity (Wildman–Crippen MR) is 108 cm³/mol. The molecule has 0 spiro atoms. The van der Waals surface area contributed by atoms with Crippen molar-refractivity contribution < 1.29 is 17.6 Å². The van der Waals surface area contributed by atoms with E-state index >= 15 is 0 Å². The molecule has 29 heavy (non-hydrogen) atoms. The van der Waals surface area contributed by atoms with Crippen LogP contribution in [0.1, 0.15) is 28.9 Å². The number of sulfonamides is 1. The van der Waals surface area contributed by atoms with Gasteiger partial charge in [-0.25, -0.2) is 17.7 Å². The summed E-state index contributed by atoms with van der Waals surface area (Å²) in [5, 5.41) is 8.16. The van der Waals surface area contributed by atoms with Gasteiger partial charge in [0.1, 0.15) is 5.69 Å². The molecule has 1 N–H and O–H groups in total. The molecule has 4 heterocycles. The Labute approximate surface area is 168 Å². The minimum atomic E-state index is -3.20. The van der Waals surface area contributed by atoms with E-state index in [1.54, 1.807) is 36.2 Å². The molecule has 0 unspecified atom stereocenters. The molecular formula is C19H23N5O4S. The lowest BCUT2D eigenvalue weighted by atomic mass is 10.0. The summed E-state index contributed by atoms with van der Waals surface area (Å²) in [5.41, 5.74) is 2.37. The van der Waals surface area contributed by atoms with Crippen molar-refractivity contribution in [1.29, 1.82) is 0 Å². The molecule has 0 aliphatic carbocycles. The normalized spacial score (nSPS) is 16.4. The third-order valence-corrected chi connectivity index (χ3v) is 6.55. The SMILES string of the molecule is Cc1nn(C)c2nc(-c3ccco3)cc(C(=O)NC3CCN(S(C)(=O)=O)CC3)c12. The Kier molecular flexibility index (Phi) is 4.91. The molecule has 3 aromatic rings. The highest BCUT2D eigenvalue weighted by Crippen LogP contribution is 2.27. The zero-order valence-corrected chi connectivity index (χ0v) is 17.4. The highest BCUT2D eigenvalue weighted by atomic mass is 32.2. The number of hydrogen-bond donors (Lipinski definition) is 1. The van der Waals surface area contributed by atoms with Gasteiger partial charge in [0.2, 0.25) is 10.0 Å². The van der Waals surface area contributed by atoms with E-state index in [1.807, 2.05) is 6.92 Å². The predicted octanol–water partition coefficient (Wildman–Crippen LogP) is 1.69.